The van der Waals surface area contributed by atoms with Crippen molar-refractivity contribution < 1.29 is 4.74 Å². The molecule has 2 rings (SSSR count). The van der Waals surface area contributed by atoms with Crippen molar-refractivity contribution in [3.8, 4) is 0 Å². The zero-order valence-electron chi connectivity index (χ0n) is 11.1. The van der Waals surface area contributed by atoms with Crippen molar-refractivity contribution in [3.63, 3.8) is 0 Å². The Bertz CT molecular complexity index is 355. The molecule has 0 radical (unpaired) electrons. The largest absolute Gasteiger partial charge is 0.373 e. The van der Waals surface area contributed by atoms with Crippen LogP contribution in [0.15, 0.2) is 12.3 Å². The van der Waals surface area contributed by atoms with Crippen LogP contribution in [0.1, 0.15) is 44.8 Å². The molecule has 17 heavy (non-hydrogen) atoms. The van der Waals surface area contributed by atoms with Crippen molar-refractivity contribution in [2.45, 2.75) is 44.8 Å². The van der Waals surface area contributed by atoms with Gasteiger partial charge in [0.2, 0.25) is 0 Å². The highest BCUT2D eigenvalue weighted by Crippen LogP contribution is 2.36. The molecule has 0 bridgehead atoms. The minimum atomic E-state index is -0.108. The molecule has 1 aliphatic heterocycles. The summed E-state index contributed by atoms with van der Waals surface area (Å²) in [6, 6.07) is 2.28. The van der Waals surface area contributed by atoms with Gasteiger partial charge in [-0.3, -0.25) is 4.68 Å². The first-order valence-corrected chi connectivity index (χ1v) is 6.52. The molecule has 1 fully saturated rings. The highest BCUT2D eigenvalue weighted by Gasteiger charge is 2.40. The van der Waals surface area contributed by atoms with Gasteiger partial charge < -0.3 is 10.1 Å². The molecule has 1 N–H and O–H groups in total. The van der Waals surface area contributed by atoms with Crippen molar-refractivity contribution in [3.05, 3.63) is 18.0 Å². The van der Waals surface area contributed by atoms with Gasteiger partial charge in [-0.1, -0.05) is 6.92 Å². The summed E-state index contributed by atoms with van der Waals surface area (Å²) in [6.45, 7) is 6.25. The second-order valence-electron chi connectivity index (χ2n) is 5.07. The van der Waals surface area contributed by atoms with Gasteiger partial charge in [-0.25, -0.2) is 0 Å². The molecule has 2 heterocycles. The number of rotatable bonds is 5. The second kappa shape index (κ2) is 5.19. The first-order chi connectivity index (χ1) is 8.15. The predicted octanol–water partition coefficient (Wildman–Crippen LogP) is 2.03. The Hall–Kier alpha value is -0.870. The van der Waals surface area contributed by atoms with Gasteiger partial charge in [0.1, 0.15) is 0 Å². The van der Waals surface area contributed by atoms with E-state index in [2.05, 4.69) is 30.3 Å². The molecule has 0 saturated carbocycles. The van der Waals surface area contributed by atoms with Crippen LogP contribution in [0.4, 0.5) is 0 Å². The molecule has 0 aliphatic carbocycles. The smallest absolute Gasteiger partial charge is 0.0865 e. The van der Waals surface area contributed by atoms with Gasteiger partial charge >= 0.3 is 0 Å². The van der Waals surface area contributed by atoms with E-state index in [0.717, 1.165) is 38.1 Å². The maximum Gasteiger partial charge on any atom is 0.0865 e. The minimum absolute atomic E-state index is 0.108. The summed E-state index contributed by atoms with van der Waals surface area (Å²) < 4.78 is 7.81. The van der Waals surface area contributed by atoms with Crippen LogP contribution in [-0.2, 0) is 11.8 Å². The lowest BCUT2D eigenvalue weighted by Gasteiger charge is -2.33. The van der Waals surface area contributed by atoms with Crippen molar-refractivity contribution in [2.24, 2.45) is 7.05 Å². The first-order valence-electron chi connectivity index (χ1n) is 6.52. The van der Waals surface area contributed by atoms with Crippen LogP contribution in [0.5, 0.6) is 0 Å². The van der Waals surface area contributed by atoms with Crippen molar-refractivity contribution in [2.75, 3.05) is 13.2 Å². The molecule has 0 aromatic carbocycles. The average molecular weight is 237 g/mol. The van der Waals surface area contributed by atoms with Crippen LogP contribution >= 0.6 is 0 Å². The molecule has 1 aliphatic rings. The van der Waals surface area contributed by atoms with E-state index < -0.39 is 0 Å². The topological polar surface area (TPSA) is 39.1 Å². The summed E-state index contributed by atoms with van der Waals surface area (Å²) in [7, 11) is 1.96. The average Bonchev–Trinajstić information content (AvgIpc) is 2.89. The summed E-state index contributed by atoms with van der Waals surface area (Å²) in [5, 5.41) is 8.11. The maximum absolute atomic E-state index is 5.95. The Labute approximate surface area is 103 Å². The zero-order chi connectivity index (χ0) is 12.3. The Morgan fingerprint density at radius 3 is 3.00 bits per heavy atom. The van der Waals surface area contributed by atoms with Gasteiger partial charge in [0, 0.05) is 19.9 Å². The molecule has 4 heteroatoms. The number of aryl methyl sites for hydroxylation is 1. The van der Waals surface area contributed by atoms with Gasteiger partial charge in [0.05, 0.1) is 17.3 Å². The Kier molecular flexibility index (Phi) is 3.84. The first kappa shape index (κ1) is 12.6. The molecule has 1 aromatic rings. The summed E-state index contributed by atoms with van der Waals surface area (Å²) >= 11 is 0. The fourth-order valence-corrected chi connectivity index (χ4v) is 2.54. The van der Waals surface area contributed by atoms with E-state index in [1.165, 1.54) is 0 Å². The molecule has 96 valence electrons. The summed E-state index contributed by atoms with van der Waals surface area (Å²) in [4.78, 5) is 0. The third kappa shape index (κ3) is 2.69. The Morgan fingerprint density at radius 2 is 2.47 bits per heavy atom. The summed E-state index contributed by atoms with van der Waals surface area (Å²) in [6.07, 6.45) is 5.37. The molecule has 0 amide bonds. The van der Waals surface area contributed by atoms with E-state index in [4.69, 9.17) is 4.74 Å². The standard InChI is InChI=1S/C13H23N3O/c1-4-8-14-12(11-6-9-16(3)15-11)13(2)7-5-10-17-13/h6,9,12,14H,4-5,7-8,10H2,1-3H3. The fraction of sp³-hybridized carbons (Fsp3) is 0.769. The lowest BCUT2D eigenvalue weighted by Crippen LogP contribution is -2.41. The maximum atomic E-state index is 5.95. The van der Waals surface area contributed by atoms with Crippen molar-refractivity contribution >= 4 is 0 Å². The Morgan fingerprint density at radius 1 is 1.65 bits per heavy atom. The van der Waals surface area contributed by atoms with Gasteiger partial charge in [-0.2, -0.15) is 5.10 Å². The van der Waals surface area contributed by atoms with E-state index >= 15 is 0 Å². The number of hydrogen-bond donors (Lipinski definition) is 1. The molecule has 1 saturated heterocycles. The third-order valence-electron chi connectivity index (χ3n) is 3.49. The molecule has 2 atom stereocenters. The van der Waals surface area contributed by atoms with Crippen molar-refractivity contribution in [1.82, 2.24) is 15.1 Å². The number of ether oxygens (including phenoxy) is 1. The van der Waals surface area contributed by atoms with Crippen LogP contribution < -0.4 is 5.32 Å². The number of nitrogens with zero attached hydrogens (tertiary/aromatic N) is 2. The van der Waals surface area contributed by atoms with Crippen LogP contribution in [0.25, 0.3) is 0 Å². The molecular formula is C13H23N3O. The number of nitrogens with one attached hydrogen (secondary N) is 1. The molecule has 2 unspecified atom stereocenters. The van der Waals surface area contributed by atoms with Gasteiger partial charge in [-0.05, 0) is 38.8 Å². The van der Waals surface area contributed by atoms with E-state index in [0.29, 0.717) is 0 Å². The van der Waals surface area contributed by atoms with Crippen LogP contribution in [0.3, 0.4) is 0 Å². The van der Waals surface area contributed by atoms with Gasteiger partial charge in [-0.15, -0.1) is 0 Å². The van der Waals surface area contributed by atoms with Crippen LogP contribution in [0, 0.1) is 0 Å². The summed E-state index contributed by atoms with van der Waals surface area (Å²) in [5.41, 5.74) is 0.981. The molecular weight excluding hydrogens is 214 g/mol. The highest BCUT2D eigenvalue weighted by atomic mass is 16.5. The second-order valence-corrected chi connectivity index (χ2v) is 5.07. The lowest BCUT2D eigenvalue weighted by atomic mass is 9.90. The van der Waals surface area contributed by atoms with Crippen molar-refractivity contribution in [1.29, 1.82) is 0 Å². The Balaban J connectivity index is 2.18. The monoisotopic (exact) mass is 237 g/mol. The molecule has 4 nitrogen and oxygen atoms in total. The van der Waals surface area contributed by atoms with E-state index in [-0.39, 0.29) is 11.6 Å². The van der Waals surface area contributed by atoms with Gasteiger partial charge in [0.25, 0.3) is 0 Å². The van der Waals surface area contributed by atoms with E-state index in [1.54, 1.807) is 0 Å². The SMILES string of the molecule is CCCNC(c1ccn(C)n1)C1(C)CCCO1. The third-order valence-corrected chi connectivity index (χ3v) is 3.49. The summed E-state index contributed by atoms with van der Waals surface area (Å²) in [5.74, 6) is 0. The van der Waals surface area contributed by atoms with E-state index in [1.807, 2.05) is 17.9 Å². The van der Waals surface area contributed by atoms with E-state index in [9.17, 15) is 0 Å². The zero-order valence-corrected chi connectivity index (χ0v) is 11.1. The molecule has 1 aromatic heterocycles. The molecule has 0 spiro atoms. The number of hydrogen-bond acceptors (Lipinski definition) is 3. The normalized spacial score (nSPS) is 26.3. The fourth-order valence-electron chi connectivity index (χ4n) is 2.54. The minimum Gasteiger partial charge on any atom is -0.373 e. The predicted molar refractivity (Wildman–Crippen MR) is 67.8 cm³/mol. The van der Waals surface area contributed by atoms with Gasteiger partial charge in [0.15, 0.2) is 0 Å². The van der Waals surface area contributed by atoms with Crippen LogP contribution in [-0.4, -0.2) is 28.5 Å². The number of aromatic nitrogens is 2. The van der Waals surface area contributed by atoms with Crippen LogP contribution in [0.2, 0.25) is 0 Å². The lowest BCUT2D eigenvalue weighted by molar-refractivity contribution is -0.0137. The quantitative estimate of drug-likeness (QED) is 0.851. The highest BCUT2D eigenvalue weighted by molar-refractivity contribution is 5.12.